The van der Waals surface area contributed by atoms with Gasteiger partial charge in [0, 0.05) is 6.20 Å². The Morgan fingerprint density at radius 1 is 1.15 bits per heavy atom. The van der Waals surface area contributed by atoms with Gasteiger partial charge < -0.3 is 23.5 Å². The number of fused-ring (bicyclic) bond motifs is 1. The Morgan fingerprint density at radius 3 is 2.51 bits per heavy atom. The van der Waals surface area contributed by atoms with E-state index in [9.17, 15) is 18.9 Å². The van der Waals surface area contributed by atoms with Crippen molar-refractivity contribution in [1.82, 2.24) is 14.6 Å². The first-order valence-corrected chi connectivity index (χ1v) is 14.7. The van der Waals surface area contributed by atoms with Crippen molar-refractivity contribution in [3.63, 3.8) is 0 Å². The Morgan fingerprint density at radius 2 is 1.85 bits per heavy atom. The van der Waals surface area contributed by atoms with Crippen molar-refractivity contribution in [1.29, 1.82) is 0 Å². The topological polar surface area (TPSA) is 186 Å². The molecular formula is C25H33N4O11P. The lowest BCUT2D eigenvalue weighted by Gasteiger charge is -2.25. The van der Waals surface area contributed by atoms with Gasteiger partial charge in [-0.3, -0.25) is 24.6 Å². The molecule has 2 saturated heterocycles. The molecule has 1 aromatic heterocycles. The van der Waals surface area contributed by atoms with Crippen LogP contribution in [-0.4, -0.2) is 64.5 Å². The molecule has 0 saturated carbocycles. The highest BCUT2D eigenvalue weighted by Gasteiger charge is 2.56. The van der Waals surface area contributed by atoms with E-state index in [0.29, 0.717) is 0 Å². The number of hydrogen-bond donors (Lipinski definition) is 3. The van der Waals surface area contributed by atoms with E-state index in [0.717, 1.165) is 17.4 Å². The summed E-state index contributed by atoms with van der Waals surface area (Å²) in [7, 11) is -4.26. The zero-order chi connectivity index (χ0) is 29.6. The number of aromatic nitrogens is 2. The zero-order valence-electron chi connectivity index (χ0n) is 22.7. The predicted octanol–water partition coefficient (Wildman–Crippen LogP) is 3.01. The fraction of sp³-hybridized carbons (Fsp3) is 0.520. The number of benzene rings is 1. The summed E-state index contributed by atoms with van der Waals surface area (Å²) in [5.41, 5.74) is 0.959. The van der Waals surface area contributed by atoms with Gasteiger partial charge in [-0.2, -0.15) is 10.1 Å². The molecule has 224 valence electrons. The summed E-state index contributed by atoms with van der Waals surface area (Å²) in [6, 6.07) is 8.43. The molecule has 4 rings (SSSR count). The molecule has 41 heavy (non-hydrogen) atoms. The quantitative estimate of drug-likeness (QED) is 0.164. The fourth-order valence-electron chi connectivity index (χ4n) is 4.27. The lowest BCUT2D eigenvalue weighted by molar-refractivity contribution is -0.146. The molecule has 3 N–H and O–H groups in total. The van der Waals surface area contributed by atoms with Gasteiger partial charge in [0.2, 0.25) is 0 Å². The van der Waals surface area contributed by atoms with Crippen molar-refractivity contribution >= 4 is 25.7 Å². The summed E-state index contributed by atoms with van der Waals surface area (Å²) >= 11 is 0. The highest BCUT2D eigenvalue weighted by atomic mass is 31.2. The van der Waals surface area contributed by atoms with Crippen LogP contribution < -0.4 is 20.8 Å². The monoisotopic (exact) mass is 596 g/mol. The lowest BCUT2D eigenvalue weighted by Crippen LogP contribution is -2.37. The molecule has 0 radical (unpaired) electrons. The molecule has 2 aliphatic rings. The summed E-state index contributed by atoms with van der Waals surface area (Å²) in [5, 5.41) is 11.6. The predicted molar refractivity (Wildman–Crippen MR) is 141 cm³/mol. The Labute approximate surface area is 235 Å². The molecule has 0 spiro atoms. The number of ether oxygens (including phenoxy) is 4. The van der Waals surface area contributed by atoms with E-state index in [1.807, 2.05) is 13.8 Å². The van der Waals surface area contributed by atoms with Crippen LogP contribution in [0.5, 0.6) is 5.75 Å². The van der Waals surface area contributed by atoms with Gasteiger partial charge in [0.25, 0.3) is 0 Å². The van der Waals surface area contributed by atoms with Crippen molar-refractivity contribution in [2.24, 2.45) is 5.92 Å². The summed E-state index contributed by atoms with van der Waals surface area (Å²) in [6.07, 6.45) is -2.30. The highest BCUT2D eigenvalue weighted by molar-refractivity contribution is 7.52. The second kappa shape index (κ2) is 13.4. The summed E-state index contributed by atoms with van der Waals surface area (Å²) in [6.45, 7) is 5.24. The molecule has 2 fully saturated rings. The number of nitrogens with one attached hydrogen (secondary N) is 2. The normalized spacial score (nSPS) is 23.7. The van der Waals surface area contributed by atoms with Crippen LogP contribution in [0.1, 0.15) is 39.8 Å². The van der Waals surface area contributed by atoms with E-state index in [4.69, 9.17) is 33.2 Å². The molecule has 0 bridgehead atoms. The van der Waals surface area contributed by atoms with Crippen LogP contribution in [0.2, 0.25) is 0 Å². The van der Waals surface area contributed by atoms with Gasteiger partial charge in [0.1, 0.15) is 17.9 Å². The third-order valence-corrected chi connectivity index (χ3v) is 8.31. The van der Waals surface area contributed by atoms with Crippen LogP contribution in [-0.2, 0) is 32.8 Å². The van der Waals surface area contributed by atoms with Crippen LogP contribution in [0.3, 0.4) is 0 Å². The van der Waals surface area contributed by atoms with E-state index >= 15 is 0 Å². The van der Waals surface area contributed by atoms with Crippen LogP contribution in [0.4, 0.5) is 10.6 Å². The smallest absolute Gasteiger partial charge is 0.464 e. The van der Waals surface area contributed by atoms with Crippen LogP contribution in [0.15, 0.2) is 47.4 Å². The number of esters is 1. The van der Waals surface area contributed by atoms with Gasteiger partial charge in [-0.05, 0) is 31.0 Å². The minimum Gasteiger partial charge on any atom is -0.464 e. The van der Waals surface area contributed by atoms with Crippen LogP contribution in [0, 0.1) is 5.92 Å². The van der Waals surface area contributed by atoms with Gasteiger partial charge in [0.15, 0.2) is 24.3 Å². The second-order valence-electron chi connectivity index (χ2n) is 9.46. The molecule has 0 amide bonds. The van der Waals surface area contributed by atoms with Gasteiger partial charge >= 0.3 is 25.6 Å². The number of rotatable bonds is 14. The summed E-state index contributed by atoms with van der Waals surface area (Å²) in [5.74, 6) is -0.335. The Bertz CT molecular complexity index is 1310. The first-order chi connectivity index (χ1) is 19.7. The second-order valence-corrected chi connectivity index (χ2v) is 11.1. The Hall–Kier alpha value is -3.49. The molecule has 0 unspecified atom stereocenters. The molecule has 1 aromatic carbocycles. The molecular weight excluding hydrogens is 563 g/mol. The van der Waals surface area contributed by atoms with Crippen molar-refractivity contribution in [2.45, 2.75) is 64.2 Å². The summed E-state index contributed by atoms with van der Waals surface area (Å²) < 4.78 is 48.1. The number of hydrogen-bond acceptors (Lipinski definition) is 13. The first kappa shape index (κ1) is 30.5. The molecule has 3 heterocycles. The first-order valence-electron chi connectivity index (χ1n) is 13.1. The van der Waals surface area contributed by atoms with Crippen LogP contribution in [0.25, 0.3) is 0 Å². The standard InChI is InChI=1S/C25H33N4O11P/c1-4-16(5-2)13-35-23(30)15(3)28-41(34,40-17-9-7-6-8-10-17)36-14-18-20-21(39-25(32)38-20)22(37-18)29-12-11-19(27-33)26-24(29)31/h6-12,15-16,18,20-22,33H,4-5,13-14H2,1-3H3,(H,28,34)(H,26,27,31)/t15-,18+,20+,21+,22+,41-/m0/s1. The third kappa shape index (κ3) is 7.43. The average Bonchev–Trinajstić information content (AvgIpc) is 3.50. The largest absolute Gasteiger partial charge is 0.509 e. The number of anilines is 1. The number of carbonyl (C=O) groups excluding carboxylic acids is 2. The van der Waals surface area contributed by atoms with E-state index < -0.39 is 62.7 Å². The van der Waals surface area contributed by atoms with E-state index in [2.05, 4.69) is 10.1 Å². The van der Waals surface area contributed by atoms with Crippen molar-refractivity contribution < 1.29 is 47.4 Å². The molecule has 2 aliphatic heterocycles. The van der Waals surface area contributed by atoms with Crippen LogP contribution >= 0.6 is 7.75 Å². The molecule has 2 aromatic rings. The minimum atomic E-state index is -4.26. The molecule has 0 aliphatic carbocycles. The van der Waals surface area contributed by atoms with Gasteiger partial charge in [-0.1, -0.05) is 44.9 Å². The number of carbonyl (C=O) groups is 2. The Balaban J connectivity index is 1.49. The maximum Gasteiger partial charge on any atom is 0.509 e. The van der Waals surface area contributed by atoms with Gasteiger partial charge in [-0.25, -0.2) is 14.2 Å². The van der Waals surface area contributed by atoms with Gasteiger partial charge in [0.05, 0.1) is 13.2 Å². The van der Waals surface area contributed by atoms with Gasteiger partial charge in [-0.15, -0.1) is 0 Å². The van der Waals surface area contributed by atoms with E-state index in [-0.39, 0.29) is 24.1 Å². The average molecular weight is 597 g/mol. The lowest BCUT2D eigenvalue weighted by atomic mass is 10.1. The zero-order valence-corrected chi connectivity index (χ0v) is 23.6. The van der Waals surface area contributed by atoms with Crippen molar-refractivity contribution in [2.75, 3.05) is 18.7 Å². The van der Waals surface area contributed by atoms with Crippen molar-refractivity contribution in [3.05, 3.63) is 53.1 Å². The Kier molecular flexibility index (Phi) is 9.99. The number of para-hydroxylation sites is 1. The minimum absolute atomic E-state index is 0.0991. The maximum atomic E-state index is 13.9. The van der Waals surface area contributed by atoms with E-state index in [1.165, 1.54) is 19.2 Å². The molecule has 6 atom stereocenters. The maximum absolute atomic E-state index is 13.9. The van der Waals surface area contributed by atoms with E-state index in [1.54, 1.807) is 35.8 Å². The SMILES string of the molecule is CCC(CC)COC(=O)[C@H](C)N[P@](=O)(OC[C@H]1O[C@@H](n2ccc(NO)nc2=O)[C@@H]2OC(=O)O[C@@H]21)Oc1ccccc1. The fourth-order valence-corrected chi connectivity index (χ4v) is 5.78. The molecule has 15 nitrogen and oxygen atoms in total. The number of nitrogens with zero attached hydrogens (tertiary/aromatic N) is 2. The summed E-state index contributed by atoms with van der Waals surface area (Å²) in [4.78, 5) is 40.7. The molecule has 16 heteroatoms. The third-order valence-electron chi connectivity index (χ3n) is 6.67. The van der Waals surface area contributed by atoms with Crippen molar-refractivity contribution in [3.8, 4) is 5.75 Å². The highest BCUT2D eigenvalue weighted by Crippen LogP contribution is 2.47.